The molecule has 3 aromatic rings. The van der Waals surface area contributed by atoms with Crippen molar-refractivity contribution in [3.8, 4) is 0 Å². The molecule has 0 aliphatic rings. The lowest BCUT2D eigenvalue weighted by Gasteiger charge is -2.12. The fraction of sp³-hybridized carbons (Fsp3) is 0.200. The zero-order valence-electron chi connectivity index (χ0n) is 14.1. The minimum atomic E-state index is -0.122. The summed E-state index contributed by atoms with van der Waals surface area (Å²) in [6, 6.07) is 13.0. The van der Waals surface area contributed by atoms with Crippen LogP contribution in [0.2, 0.25) is 0 Å². The van der Waals surface area contributed by atoms with Crippen molar-refractivity contribution in [3.63, 3.8) is 0 Å². The number of benzene rings is 2. The average Bonchev–Trinajstić information content (AvgIpc) is 2.54. The minimum absolute atomic E-state index is 0.0282. The van der Waals surface area contributed by atoms with Crippen molar-refractivity contribution in [3.05, 3.63) is 75.6 Å². The summed E-state index contributed by atoms with van der Waals surface area (Å²) < 4.78 is 1.80. The summed E-state index contributed by atoms with van der Waals surface area (Å²) in [7, 11) is 0. The van der Waals surface area contributed by atoms with Gasteiger partial charge in [0.1, 0.15) is 6.54 Å². The first kappa shape index (κ1) is 16.0. The maximum absolute atomic E-state index is 12.4. The van der Waals surface area contributed by atoms with Gasteiger partial charge in [-0.2, -0.15) is 0 Å². The second kappa shape index (κ2) is 6.32. The Morgan fingerprint density at radius 3 is 2.54 bits per heavy atom. The predicted molar refractivity (Wildman–Crippen MR) is 97.5 cm³/mol. The highest BCUT2D eigenvalue weighted by Gasteiger charge is 2.08. The van der Waals surface area contributed by atoms with E-state index in [1.165, 1.54) is 11.6 Å². The van der Waals surface area contributed by atoms with E-state index in [-0.39, 0.29) is 17.9 Å². The monoisotopic (exact) mass is 320 g/mol. The van der Waals surface area contributed by atoms with Gasteiger partial charge in [-0.25, -0.2) is 0 Å². The molecule has 1 aromatic heterocycles. The molecule has 122 valence electrons. The number of aromatic nitrogens is 1. The Labute approximate surface area is 140 Å². The number of pyridine rings is 1. The van der Waals surface area contributed by atoms with E-state index in [1.54, 1.807) is 10.8 Å². The van der Waals surface area contributed by atoms with Gasteiger partial charge in [-0.05, 0) is 56.2 Å². The van der Waals surface area contributed by atoms with Crippen molar-refractivity contribution in [1.29, 1.82) is 0 Å². The predicted octanol–water partition coefficient (Wildman–Crippen LogP) is 3.57. The standard InChI is InChI=1S/C20H20N2O2/c1-13-4-7-18-17(10-13)19(23)8-9-22(18)12-20(24)21-16-6-5-14(2)15(3)11-16/h4-11H,12H2,1-3H3,(H,21,24). The van der Waals surface area contributed by atoms with Crippen LogP contribution in [0.4, 0.5) is 5.69 Å². The quantitative estimate of drug-likeness (QED) is 0.802. The van der Waals surface area contributed by atoms with Gasteiger partial charge < -0.3 is 9.88 Å². The Hall–Kier alpha value is -2.88. The van der Waals surface area contributed by atoms with Gasteiger partial charge >= 0.3 is 0 Å². The maximum Gasteiger partial charge on any atom is 0.244 e. The van der Waals surface area contributed by atoms with Gasteiger partial charge in [0.15, 0.2) is 5.43 Å². The molecule has 0 saturated carbocycles. The van der Waals surface area contributed by atoms with E-state index in [1.807, 2.05) is 57.2 Å². The molecule has 1 N–H and O–H groups in total. The molecule has 4 nitrogen and oxygen atoms in total. The Bertz CT molecular complexity index is 987. The zero-order valence-corrected chi connectivity index (χ0v) is 14.1. The van der Waals surface area contributed by atoms with E-state index in [2.05, 4.69) is 5.32 Å². The molecule has 1 amide bonds. The molecule has 0 radical (unpaired) electrons. The molecule has 24 heavy (non-hydrogen) atoms. The molecule has 0 aliphatic carbocycles. The normalized spacial score (nSPS) is 10.8. The van der Waals surface area contributed by atoms with Crippen LogP contribution in [0.3, 0.4) is 0 Å². The van der Waals surface area contributed by atoms with Crippen LogP contribution in [0, 0.1) is 20.8 Å². The Kier molecular flexibility index (Phi) is 4.21. The molecule has 0 aliphatic heterocycles. The average molecular weight is 320 g/mol. The molecule has 0 spiro atoms. The maximum atomic E-state index is 12.4. The van der Waals surface area contributed by atoms with E-state index in [9.17, 15) is 9.59 Å². The molecule has 1 heterocycles. The number of hydrogen-bond acceptors (Lipinski definition) is 2. The second-order valence-corrected chi connectivity index (χ2v) is 6.18. The van der Waals surface area contributed by atoms with Gasteiger partial charge in [-0.15, -0.1) is 0 Å². The lowest BCUT2D eigenvalue weighted by atomic mass is 10.1. The highest BCUT2D eigenvalue weighted by molar-refractivity contribution is 5.92. The Balaban J connectivity index is 1.87. The van der Waals surface area contributed by atoms with Crippen LogP contribution >= 0.6 is 0 Å². The number of fused-ring (bicyclic) bond motifs is 1. The number of anilines is 1. The van der Waals surface area contributed by atoms with Crippen LogP contribution in [0.25, 0.3) is 10.9 Å². The number of rotatable bonds is 3. The van der Waals surface area contributed by atoms with Gasteiger partial charge in [-0.3, -0.25) is 9.59 Å². The van der Waals surface area contributed by atoms with Crippen LogP contribution in [-0.2, 0) is 11.3 Å². The fourth-order valence-corrected chi connectivity index (χ4v) is 2.74. The van der Waals surface area contributed by atoms with Crippen molar-refractivity contribution >= 4 is 22.5 Å². The van der Waals surface area contributed by atoms with Crippen molar-refractivity contribution in [2.75, 3.05) is 5.32 Å². The summed E-state index contributed by atoms with van der Waals surface area (Å²) >= 11 is 0. The molecule has 3 rings (SSSR count). The van der Waals surface area contributed by atoms with E-state index in [0.29, 0.717) is 5.39 Å². The summed E-state index contributed by atoms with van der Waals surface area (Å²) in [6.45, 7) is 6.16. The van der Waals surface area contributed by atoms with Gasteiger partial charge in [0.25, 0.3) is 0 Å². The van der Waals surface area contributed by atoms with Gasteiger partial charge in [0.2, 0.25) is 5.91 Å². The van der Waals surface area contributed by atoms with Crippen LogP contribution in [0.5, 0.6) is 0 Å². The largest absolute Gasteiger partial charge is 0.338 e. The minimum Gasteiger partial charge on any atom is -0.338 e. The summed E-state index contributed by atoms with van der Waals surface area (Å²) in [6.07, 6.45) is 1.67. The van der Waals surface area contributed by atoms with Gasteiger partial charge in [-0.1, -0.05) is 17.7 Å². The summed E-state index contributed by atoms with van der Waals surface area (Å²) in [4.78, 5) is 24.4. The molecule has 0 unspecified atom stereocenters. The van der Waals surface area contributed by atoms with Crippen LogP contribution in [0.15, 0.2) is 53.5 Å². The molecule has 0 fully saturated rings. The van der Waals surface area contributed by atoms with E-state index >= 15 is 0 Å². The Morgan fingerprint density at radius 1 is 1.00 bits per heavy atom. The first-order valence-corrected chi connectivity index (χ1v) is 7.91. The first-order valence-electron chi connectivity index (χ1n) is 7.91. The van der Waals surface area contributed by atoms with Gasteiger partial charge in [0.05, 0.1) is 5.52 Å². The summed E-state index contributed by atoms with van der Waals surface area (Å²) in [5, 5.41) is 3.55. The lowest BCUT2D eigenvalue weighted by molar-refractivity contribution is -0.116. The third-order valence-electron chi connectivity index (χ3n) is 4.24. The highest BCUT2D eigenvalue weighted by atomic mass is 16.2. The van der Waals surface area contributed by atoms with E-state index in [0.717, 1.165) is 22.3 Å². The Morgan fingerprint density at radius 2 is 1.79 bits per heavy atom. The second-order valence-electron chi connectivity index (χ2n) is 6.18. The molecule has 4 heteroatoms. The smallest absolute Gasteiger partial charge is 0.244 e. The number of nitrogens with one attached hydrogen (secondary N) is 1. The van der Waals surface area contributed by atoms with E-state index in [4.69, 9.17) is 0 Å². The number of carbonyl (C=O) groups is 1. The molecular formula is C20H20N2O2. The number of carbonyl (C=O) groups excluding carboxylic acids is 1. The van der Waals surface area contributed by atoms with Gasteiger partial charge in [0, 0.05) is 23.3 Å². The third kappa shape index (κ3) is 3.23. The molecular weight excluding hydrogens is 300 g/mol. The highest BCUT2D eigenvalue weighted by Crippen LogP contribution is 2.15. The first-order chi connectivity index (χ1) is 11.4. The zero-order chi connectivity index (χ0) is 17.3. The summed E-state index contributed by atoms with van der Waals surface area (Å²) in [5.74, 6) is -0.122. The van der Waals surface area contributed by atoms with Crippen molar-refractivity contribution in [2.45, 2.75) is 27.3 Å². The molecule has 0 saturated heterocycles. The molecule has 0 bridgehead atoms. The van der Waals surface area contributed by atoms with Crippen molar-refractivity contribution < 1.29 is 4.79 Å². The van der Waals surface area contributed by atoms with Crippen molar-refractivity contribution in [2.24, 2.45) is 0 Å². The topological polar surface area (TPSA) is 51.1 Å². The number of nitrogens with zero attached hydrogens (tertiary/aromatic N) is 1. The van der Waals surface area contributed by atoms with E-state index < -0.39 is 0 Å². The van der Waals surface area contributed by atoms with Crippen molar-refractivity contribution in [1.82, 2.24) is 4.57 Å². The number of amides is 1. The molecule has 2 aromatic carbocycles. The lowest BCUT2D eigenvalue weighted by Crippen LogP contribution is -2.20. The SMILES string of the molecule is Cc1ccc2c(c1)c(=O)ccn2CC(=O)Nc1ccc(C)c(C)c1. The van der Waals surface area contributed by atoms with Crippen LogP contribution < -0.4 is 10.7 Å². The third-order valence-corrected chi connectivity index (χ3v) is 4.24. The number of hydrogen-bond donors (Lipinski definition) is 1. The molecule has 0 atom stereocenters. The van der Waals surface area contributed by atoms with Crippen LogP contribution in [-0.4, -0.2) is 10.5 Å². The number of aryl methyl sites for hydroxylation is 3. The summed E-state index contributed by atoms with van der Waals surface area (Å²) in [5.41, 5.74) is 4.87. The van der Waals surface area contributed by atoms with Crippen LogP contribution in [0.1, 0.15) is 16.7 Å². The fourth-order valence-electron chi connectivity index (χ4n) is 2.74.